The van der Waals surface area contributed by atoms with Gasteiger partial charge in [-0.15, -0.1) is 0 Å². The smallest absolute Gasteiger partial charge is 0.226 e. The molecule has 2 heterocycles. The second kappa shape index (κ2) is 4.51. The Bertz CT molecular complexity index is 737. The number of hydrogen-bond acceptors (Lipinski definition) is 4. The second-order valence-electron chi connectivity index (χ2n) is 4.35. The summed E-state index contributed by atoms with van der Waals surface area (Å²) in [5, 5.41) is 7.83. The van der Waals surface area contributed by atoms with Gasteiger partial charge in [-0.2, -0.15) is 15.1 Å². The summed E-state index contributed by atoms with van der Waals surface area (Å²) in [6.45, 7) is 2.05. The number of nitrogens with zero attached hydrogens (tertiary/aromatic N) is 4. The lowest BCUT2D eigenvalue weighted by atomic mass is 10.2. The van der Waals surface area contributed by atoms with Gasteiger partial charge in [0.15, 0.2) is 5.65 Å². The molecule has 3 rings (SSSR count). The van der Waals surface area contributed by atoms with Crippen LogP contribution in [0.15, 0.2) is 30.5 Å². The maximum absolute atomic E-state index is 5.95. The van der Waals surface area contributed by atoms with E-state index in [9.17, 15) is 0 Å². The van der Waals surface area contributed by atoms with E-state index in [1.165, 1.54) is 5.56 Å². The van der Waals surface area contributed by atoms with Crippen molar-refractivity contribution in [2.75, 3.05) is 11.9 Å². The molecule has 0 radical (unpaired) electrons. The molecular formula is C13H12ClN5. The Morgan fingerprint density at radius 3 is 2.89 bits per heavy atom. The maximum Gasteiger partial charge on any atom is 0.226 e. The molecule has 0 spiro atoms. The zero-order valence-electron chi connectivity index (χ0n) is 10.6. The molecule has 3 aromatic rings. The lowest BCUT2D eigenvalue weighted by molar-refractivity contribution is 1.08. The highest BCUT2D eigenvalue weighted by Crippen LogP contribution is 2.28. The van der Waals surface area contributed by atoms with Crippen LogP contribution >= 0.6 is 11.6 Å². The highest BCUT2D eigenvalue weighted by atomic mass is 35.5. The van der Waals surface area contributed by atoms with Crippen LogP contribution in [-0.4, -0.2) is 27.2 Å². The van der Waals surface area contributed by atoms with Gasteiger partial charge in [0.25, 0.3) is 0 Å². The van der Waals surface area contributed by atoms with Crippen molar-refractivity contribution in [3.05, 3.63) is 41.3 Å². The highest BCUT2D eigenvalue weighted by molar-refractivity contribution is 6.28. The zero-order chi connectivity index (χ0) is 13.4. The molecule has 1 aromatic carbocycles. The molecule has 0 aliphatic carbocycles. The molecule has 0 fully saturated rings. The van der Waals surface area contributed by atoms with Gasteiger partial charge < -0.3 is 4.90 Å². The van der Waals surface area contributed by atoms with Gasteiger partial charge in [-0.1, -0.05) is 12.1 Å². The molecular weight excluding hydrogens is 262 g/mol. The van der Waals surface area contributed by atoms with Gasteiger partial charge in [-0.3, -0.25) is 5.10 Å². The van der Waals surface area contributed by atoms with Gasteiger partial charge in [0.05, 0.1) is 11.6 Å². The normalized spacial score (nSPS) is 10.9. The van der Waals surface area contributed by atoms with E-state index < -0.39 is 0 Å². The minimum Gasteiger partial charge on any atom is -0.329 e. The van der Waals surface area contributed by atoms with Crippen LogP contribution in [0.1, 0.15) is 5.56 Å². The first-order chi connectivity index (χ1) is 9.15. The first-order valence-electron chi connectivity index (χ1n) is 5.82. The number of fused-ring (bicyclic) bond motifs is 1. The molecule has 0 saturated heterocycles. The Morgan fingerprint density at radius 1 is 1.26 bits per heavy atom. The number of aromatic nitrogens is 4. The van der Waals surface area contributed by atoms with E-state index >= 15 is 0 Å². The van der Waals surface area contributed by atoms with Crippen LogP contribution in [0.3, 0.4) is 0 Å². The molecule has 19 heavy (non-hydrogen) atoms. The number of halogens is 1. The number of nitrogens with one attached hydrogen (secondary N) is 1. The van der Waals surface area contributed by atoms with E-state index in [1.54, 1.807) is 6.20 Å². The number of rotatable bonds is 2. The highest BCUT2D eigenvalue weighted by Gasteiger charge is 2.13. The zero-order valence-corrected chi connectivity index (χ0v) is 11.3. The Morgan fingerprint density at radius 2 is 2.11 bits per heavy atom. The fourth-order valence-corrected chi connectivity index (χ4v) is 2.17. The second-order valence-corrected chi connectivity index (χ2v) is 4.68. The standard InChI is InChI=1S/C13H12ClN5/c1-8-4-3-5-9(6-8)19(2)12-10-7-15-18-11(10)16-13(14)17-12/h3-7H,1-2H3,(H,15,16,17,18). The molecule has 1 N–H and O–H groups in total. The number of benzene rings is 1. The fraction of sp³-hybridized carbons (Fsp3) is 0.154. The van der Waals surface area contributed by atoms with Crippen molar-refractivity contribution >= 4 is 34.1 Å². The molecule has 0 aliphatic heterocycles. The van der Waals surface area contributed by atoms with E-state index in [4.69, 9.17) is 11.6 Å². The summed E-state index contributed by atoms with van der Waals surface area (Å²) in [6.07, 6.45) is 1.70. The molecule has 0 bridgehead atoms. The average molecular weight is 274 g/mol. The van der Waals surface area contributed by atoms with Crippen LogP contribution in [0, 0.1) is 6.92 Å². The van der Waals surface area contributed by atoms with Gasteiger partial charge in [0.1, 0.15) is 5.82 Å². The predicted molar refractivity (Wildman–Crippen MR) is 75.9 cm³/mol. The first kappa shape index (κ1) is 11.9. The van der Waals surface area contributed by atoms with Crippen LogP contribution in [-0.2, 0) is 0 Å². The van der Waals surface area contributed by atoms with Crippen LogP contribution in [0.5, 0.6) is 0 Å². The summed E-state index contributed by atoms with van der Waals surface area (Å²) in [4.78, 5) is 10.4. The van der Waals surface area contributed by atoms with E-state index in [0.29, 0.717) is 5.65 Å². The summed E-state index contributed by atoms with van der Waals surface area (Å²) in [7, 11) is 1.94. The van der Waals surface area contributed by atoms with Gasteiger partial charge in [-0.05, 0) is 36.2 Å². The van der Waals surface area contributed by atoms with Gasteiger partial charge in [0.2, 0.25) is 5.28 Å². The van der Waals surface area contributed by atoms with Gasteiger partial charge >= 0.3 is 0 Å². The lowest BCUT2D eigenvalue weighted by Gasteiger charge is -2.19. The Kier molecular flexibility index (Phi) is 2.83. The molecule has 96 valence electrons. The first-order valence-corrected chi connectivity index (χ1v) is 6.20. The number of H-pyrrole nitrogens is 1. The van der Waals surface area contributed by atoms with E-state index in [0.717, 1.165) is 16.9 Å². The molecule has 0 amide bonds. The van der Waals surface area contributed by atoms with Crippen LogP contribution in [0.25, 0.3) is 11.0 Å². The van der Waals surface area contributed by atoms with Crippen molar-refractivity contribution in [1.29, 1.82) is 0 Å². The summed E-state index contributed by atoms with van der Waals surface area (Å²) in [5.74, 6) is 0.731. The number of aryl methyl sites for hydroxylation is 1. The van der Waals surface area contributed by atoms with Crippen molar-refractivity contribution in [2.24, 2.45) is 0 Å². The monoisotopic (exact) mass is 273 g/mol. The molecule has 0 aliphatic rings. The third-order valence-electron chi connectivity index (χ3n) is 2.97. The average Bonchev–Trinajstić information content (AvgIpc) is 2.85. The van der Waals surface area contributed by atoms with Gasteiger partial charge in [0, 0.05) is 12.7 Å². The lowest BCUT2D eigenvalue weighted by Crippen LogP contribution is -2.12. The summed E-state index contributed by atoms with van der Waals surface area (Å²) in [6, 6.07) is 8.17. The molecule has 5 nitrogen and oxygen atoms in total. The SMILES string of the molecule is Cc1cccc(N(C)c2nc(Cl)nc3[nH]ncc23)c1. The number of hydrogen-bond donors (Lipinski definition) is 1. The van der Waals surface area contributed by atoms with Crippen LogP contribution in [0.2, 0.25) is 5.28 Å². The molecule has 2 aromatic heterocycles. The van der Waals surface area contributed by atoms with Crippen molar-refractivity contribution in [3.63, 3.8) is 0 Å². The minimum atomic E-state index is 0.200. The van der Waals surface area contributed by atoms with E-state index in [2.05, 4.69) is 39.2 Å². The number of aromatic amines is 1. The third-order valence-corrected chi connectivity index (χ3v) is 3.14. The van der Waals surface area contributed by atoms with Crippen molar-refractivity contribution in [1.82, 2.24) is 20.2 Å². The Hall–Kier alpha value is -2.14. The number of anilines is 2. The van der Waals surface area contributed by atoms with Crippen molar-refractivity contribution in [2.45, 2.75) is 6.92 Å². The Balaban J connectivity index is 2.15. The van der Waals surface area contributed by atoms with Crippen molar-refractivity contribution < 1.29 is 0 Å². The Labute approximate surface area is 115 Å². The summed E-state index contributed by atoms with van der Waals surface area (Å²) >= 11 is 5.95. The van der Waals surface area contributed by atoms with Crippen LogP contribution in [0.4, 0.5) is 11.5 Å². The quantitative estimate of drug-likeness (QED) is 0.729. The largest absolute Gasteiger partial charge is 0.329 e. The fourth-order valence-electron chi connectivity index (χ4n) is 2.01. The molecule has 6 heteroatoms. The summed E-state index contributed by atoms with van der Waals surface area (Å²) < 4.78 is 0. The molecule has 0 unspecified atom stereocenters. The van der Waals surface area contributed by atoms with E-state index in [1.807, 2.05) is 24.1 Å². The predicted octanol–water partition coefficient (Wildman–Crippen LogP) is 3.08. The summed E-state index contributed by atoms with van der Waals surface area (Å²) in [5.41, 5.74) is 2.86. The van der Waals surface area contributed by atoms with Crippen LogP contribution < -0.4 is 4.90 Å². The maximum atomic E-state index is 5.95. The van der Waals surface area contributed by atoms with E-state index in [-0.39, 0.29) is 5.28 Å². The minimum absolute atomic E-state index is 0.200. The topological polar surface area (TPSA) is 57.7 Å². The third kappa shape index (κ3) is 2.13. The molecule has 0 saturated carbocycles. The van der Waals surface area contributed by atoms with Crippen molar-refractivity contribution in [3.8, 4) is 0 Å². The van der Waals surface area contributed by atoms with Gasteiger partial charge in [-0.25, -0.2) is 0 Å². The molecule has 0 atom stereocenters.